The summed E-state index contributed by atoms with van der Waals surface area (Å²) in [4.78, 5) is 20.0. The van der Waals surface area contributed by atoms with Crippen LogP contribution in [-0.4, -0.2) is 79.1 Å². The maximum atomic E-state index is 12.8. The van der Waals surface area contributed by atoms with E-state index in [9.17, 15) is 4.79 Å². The molecule has 1 atom stereocenters. The van der Waals surface area contributed by atoms with Gasteiger partial charge < -0.3 is 14.1 Å². The molecule has 3 saturated heterocycles. The Morgan fingerprint density at radius 3 is 2.62 bits per heavy atom. The summed E-state index contributed by atoms with van der Waals surface area (Å²) in [7, 11) is 0. The van der Waals surface area contributed by atoms with Gasteiger partial charge in [0, 0.05) is 37.8 Å². The van der Waals surface area contributed by atoms with Gasteiger partial charge in [-0.2, -0.15) is 0 Å². The Labute approximate surface area is 156 Å². The van der Waals surface area contributed by atoms with Crippen LogP contribution in [0.2, 0.25) is 0 Å². The van der Waals surface area contributed by atoms with Crippen LogP contribution in [0.15, 0.2) is 23.0 Å². The Hall–Kier alpha value is -1.37. The minimum absolute atomic E-state index is 0.186. The summed E-state index contributed by atoms with van der Waals surface area (Å²) >= 11 is 0. The van der Waals surface area contributed by atoms with Crippen LogP contribution >= 0.6 is 0 Å². The minimum Gasteiger partial charge on any atom is -0.472 e. The largest absolute Gasteiger partial charge is 0.472 e. The van der Waals surface area contributed by atoms with Gasteiger partial charge in [0.2, 0.25) is 5.91 Å². The van der Waals surface area contributed by atoms with Crippen molar-refractivity contribution in [3.63, 3.8) is 0 Å². The summed E-state index contributed by atoms with van der Waals surface area (Å²) in [5, 5.41) is 0. The Morgan fingerprint density at radius 2 is 1.88 bits per heavy atom. The lowest BCUT2D eigenvalue weighted by molar-refractivity contribution is -0.142. The molecule has 3 fully saturated rings. The number of hydrogen-bond acceptors (Lipinski definition) is 5. The maximum absolute atomic E-state index is 12.8. The van der Waals surface area contributed by atoms with Gasteiger partial charge in [0.1, 0.15) is 0 Å². The molecule has 6 heteroatoms. The molecular formula is C20H31N3O3. The first-order valence-electron chi connectivity index (χ1n) is 10.1. The molecule has 0 spiro atoms. The van der Waals surface area contributed by atoms with E-state index in [4.69, 9.17) is 9.15 Å². The maximum Gasteiger partial charge on any atom is 0.227 e. The molecule has 26 heavy (non-hydrogen) atoms. The van der Waals surface area contributed by atoms with Crippen LogP contribution in [0, 0.1) is 5.92 Å². The van der Waals surface area contributed by atoms with Gasteiger partial charge in [0.05, 0.1) is 31.7 Å². The molecule has 1 aromatic rings. The molecule has 3 aliphatic heterocycles. The molecule has 144 valence electrons. The quantitative estimate of drug-likeness (QED) is 0.819. The summed E-state index contributed by atoms with van der Waals surface area (Å²) in [5.41, 5.74) is 1.26. The average molecular weight is 361 g/mol. The van der Waals surface area contributed by atoms with Gasteiger partial charge >= 0.3 is 0 Å². The number of ether oxygens (including phenoxy) is 1. The van der Waals surface area contributed by atoms with E-state index in [1.54, 1.807) is 6.26 Å². The first-order chi connectivity index (χ1) is 12.8. The number of furan rings is 1. The number of likely N-dealkylation sites (tertiary alicyclic amines) is 2. The topological polar surface area (TPSA) is 49.2 Å². The monoisotopic (exact) mass is 361 g/mol. The van der Waals surface area contributed by atoms with Gasteiger partial charge in [-0.1, -0.05) is 0 Å². The van der Waals surface area contributed by atoms with Crippen molar-refractivity contribution in [1.29, 1.82) is 0 Å². The molecule has 1 aromatic heterocycles. The van der Waals surface area contributed by atoms with Crippen molar-refractivity contribution < 1.29 is 13.9 Å². The fraction of sp³-hybridized carbons (Fsp3) is 0.750. The van der Waals surface area contributed by atoms with Gasteiger partial charge in [-0.15, -0.1) is 0 Å². The molecule has 4 rings (SSSR count). The highest BCUT2D eigenvalue weighted by atomic mass is 16.5. The highest BCUT2D eigenvalue weighted by molar-refractivity contribution is 5.79. The molecule has 0 aromatic carbocycles. The molecule has 0 aliphatic carbocycles. The highest BCUT2D eigenvalue weighted by Gasteiger charge is 2.33. The second-order valence-electron chi connectivity index (χ2n) is 7.91. The van der Waals surface area contributed by atoms with Crippen molar-refractivity contribution >= 4 is 5.91 Å². The van der Waals surface area contributed by atoms with E-state index >= 15 is 0 Å². The van der Waals surface area contributed by atoms with E-state index < -0.39 is 0 Å². The Kier molecular flexibility index (Phi) is 5.92. The molecule has 0 saturated carbocycles. The van der Waals surface area contributed by atoms with E-state index in [-0.39, 0.29) is 5.92 Å². The van der Waals surface area contributed by atoms with Crippen LogP contribution in [0.3, 0.4) is 0 Å². The third kappa shape index (κ3) is 4.30. The second-order valence-corrected chi connectivity index (χ2v) is 7.91. The predicted octanol–water partition coefficient (Wildman–Crippen LogP) is 1.81. The lowest BCUT2D eigenvalue weighted by Crippen LogP contribution is -2.52. The number of piperidine rings is 2. The summed E-state index contributed by atoms with van der Waals surface area (Å²) in [6.07, 6.45) is 8.20. The van der Waals surface area contributed by atoms with Gasteiger partial charge in [-0.05, 0) is 51.4 Å². The van der Waals surface area contributed by atoms with Crippen LogP contribution in [-0.2, 0) is 16.1 Å². The fourth-order valence-electron chi connectivity index (χ4n) is 4.66. The number of carbonyl (C=O) groups excluding carboxylic acids is 1. The predicted molar refractivity (Wildman–Crippen MR) is 98.7 cm³/mol. The van der Waals surface area contributed by atoms with Crippen molar-refractivity contribution in [2.45, 2.75) is 38.3 Å². The minimum atomic E-state index is 0.186. The number of amides is 1. The summed E-state index contributed by atoms with van der Waals surface area (Å²) < 4.78 is 10.6. The standard InChI is InChI=1S/C20H31N3O3/c24-20(22-9-12-25-13-10-22)18-2-1-6-23(15-18)19-3-7-21(8-4-19)14-17-5-11-26-16-17/h5,11,16,18-19H,1-4,6-10,12-15H2/t18-/m1/s1. The van der Waals surface area contributed by atoms with Crippen molar-refractivity contribution in [2.75, 3.05) is 52.5 Å². The van der Waals surface area contributed by atoms with E-state index in [1.165, 1.54) is 18.4 Å². The number of rotatable bonds is 4. The lowest BCUT2D eigenvalue weighted by Gasteiger charge is -2.43. The Balaban J connectivity index is 1.26. The molecule has 0 radical (unpaired) electrons. The van der Waals surface area contributed by atoms with Crippen molar-refractivity contribution in [2.24, 2.45) is 5.92 Å². The van der Waals surface area contributed by atoms with Crippen LogP contribution in [0.25, 0.3) is 0 Å². The molecular weight excluding hydrogens is 330 g/mol. The van der Waals surface area contributed by atoms with Crippen molar-refractivity contribution in [3.8, 4) is 0 Å². The van der Waals surface area contributed by atoms with Crippen LogP contribution in [0.4, 0.5) is 0 Å². The van der Waals surface area contributed by atoms with E-state index in [2.05, 4.69) is 15.9 Å². The third-order valence-electron chi connectivity index (χ3n) is 6.18. The smallest absolute Gasteiger partial charge is 0.227 e. The number of nitrogens with zero attached hydrogens (tertiary/aromatic N) is 3. The number of carbonyl (C=O) groups is 1. The fourth-order valence-corrected chi connectivity index (χ4v) is 4.66. The van der Waals surface area contributed by atoms with Crippen LogP contribution in [0.1, 0.15) is 31.2 Å². The van der Waals surface area contributed by atoms with Crippen molar-refractivity contribution in [3.05, 3.63) is 24.2 Å². The lowest BCUT2D eigenvalue weighted by atomic mass is 9.92. The molecule has 1 amide bonds. The number of morpholine rings is 1. The van der Waals surface area contributed by atoms with Gasteiger partial charge in [-0.3, -0.25) is 14.6 Å². The number of hydrogen-bond donors (Lipinski definition) is 0. The molecule has 0 bridgehead atoms. The second kappa shape index (κ2) is 8.55. The zero-order valence-electron chi connectivity index (χ0n) is 15.6. The molecule has 6 nitrogen and oxygen atoms in total. The molecule has 0 unspecified atom stereocenters. The van der Waals surface area contributed by atoms with Crippen LogP contribution in [0.5, 0.6) is 0 Å². The van der Waals surface area contributed by atoms with Gasteiger partial charge in [-0.25, -0.2) is 0 Å². The molecule has 4 heterocycles. The van der Waals surface area contributed by atoms with E-state index in [1.807, 2.05) is 11.2 Å². The zero-order chi connectivity index (χ0) is 17.8. The SMILES string of the molecule is O=C([C@@H]1CCCN(C2CCN(Cc3ccoc3)CC2)C1)N1CCOCC1. The van der Waals surface area contributed by atoms with E-state index in [0.29, 0.717) is 25.2 Å². The zero-order valence-corrected chi connectivity index (χ0v) is 15.6. The summed E-state index contributed by atoms with van der Waals surface area (Å²) in [6.45, 7) is 8.27. The van der Waals surface area contributed by atoms with Crippen LogP contribution < -0.4 is 0 Å². The highest BCUT2D eigenvalue weighted by Crippen LogP contribution is 2.26. The Bertz CT molecular complexity index is 563. The summed E-state index contributed by atoms with van der Waals surface area (Å²) in [6, 6.07) is 2.69. The third-order valence-corrected chi connectivity index (χ3v) is 6.18. The normalized spacial score (nSPS) is 26.9. The van der Waals surface area contributed by atoms with Gasteiger partial charge in [0.25, 0.3) is 0 Å². The molecule has 0 N–H and O–H groups in total. The summed E-state index contributed by atoms with van der Waals surface area (Å²) in [5.74, 6) is 0.543. The first-order valence-corrected chi connectivity index (χ1v) is 10.1. The van der Waals surface area contributed by atoms with E-state index in [0.717, 1.165) is 58.7 Å². The Morgan fingerprint density at radius 1 is 1.08 bits per heavy atom. The first kappa shape index (κ1) is 18.0. The van der Waals surface area contributed by atoms with Crippen molar-refractivity contribution in [1.82, 2.24) is 14.7 Å². The molecule has 3 aliphatic rings. The average Bonchev–Trinajstić information content (AvgIpc) is 3.22. The van der Waals surface area contributed by atoms with Gasteiger partial charge in [0.15, 0.2) is 0 Å².